The number of allylic oxidation sites excluding steroid dienone is 1. The highest BCUT2D eigenvalue weighted by molar-refractivity contribution is 5.26. The lowest BCUT2D eigenvalue weighted by atomic mass is 9.62. The summed E-state index contributed by atoms with van der Waals surface area (Å²) in [5, 5.41) is 10.7. The van der Waals surface area contributed by atoms with E-state index in [1.54, 1.807) is 0 Å². The van der Waals surface area contributed by atoms with Crippen LogP contribution < -0.4 is 0 Å². The molecule has 3 atom stereocenters. The highest BCUT2D eigenvalue weighted by Crippen LogP contribution is 2.47. The monoisotopic (exact) mass is 192 g/mol. The fourth-order valence-electron chi connectivity index (χ4n) is 2.99. The number of aliphatic hydroxyl groups is 1. The number of hydrogen-bond donors (Lipinski definition) is 1. The van der Waals surface area contributed by atoms with Crippen LogP contribution in [0.5, 0.6) is 0 Å². The molecule has 0 aromatic rings. The van der Waals surface area contributed by atoms with Crippen molar-refractivity contribution in [2.24, 2.45) is 11.8 Å². The van der Waals surface area contributed by atoms with Crippen LogP contribution in [-0.2, 0) is 0 Å². The number of hydrogen-bond acceptors (Lipinski definition) is 1. The maximum atomic E-state index is 10.7. The molecule has 14 heavy (non-hydrogen) atoms. The van der Waals surface area contributed by atoms with Crippen LogP contribution in [0.1, 0.15) is 39.5 Å². The van der Waals surface area contributed by atoms with Gasteiger partial charge >= 0.3 is 0 Å². The zero-order valence-electron chi connectivity index (χ0n) is 9.21. The first-order chi connectivity index (χ1) is 6.54. The molecule has 1 nitrogen and oxygen atoms in total. The Morgan fingerprint density at radius 1 is 1.43 bits per heavy atom. The van der Waals surface area contributed by atoms with Gasteiger partial charge in [-0.1, -0.05) is 30.7 Å². The zero-order chi connectivity index (χ0) is 10.3. The molecule has 0 radical (unpaired) electrons. The van der Waals surface area contributed by atoms with Crippen molar-refractivity contribution >= 4 is 0 Å². The molecule has 0 saturated heterocycles. The van der Waals surface area contributed by atoms with Crippen molar-refractivity contribution in [3.8, 4) is 0 Å². The summed E-state index contributed by atoms with van der Waals surface area (Å²) < 4.78 is 0. The molecular formula is C13H20O. The third-order valence-electron chi connectivity index (χ3n) is 4.04. The first kappa shape index (κ1) is 9.97. The van der Waals surface area contributed by atoms with Crippen molar-refractivity contribution < 1.29 is 5.11 Å². The van der Waals surface area contributed by atoms with Crippen LogP contribution in [0.3, 0.4) is 0 Å². The molecule has 0 heterocycles. The second-order valence-electron chi connectivity index (χ2n) is 5.07. The summed E-state index contributed by atoms with van der Waals surface area (Å²) in [6.45, 7) is 8.40. The van der Waals surface area contributed by atoms with E-state index in [0.717, 1.165) is 25.7 Å². The highest BCUT2D eigenvalue weighted by atomic mass is 16.3. The molecule has 0 spiro atoms. The van der Waals surface area contributed by atoms with E-state index < -0.39 is 5.60 Å². The molecule has 0 amide bonds. The van der Waals surface area contributed by atoms with Crippen molar-refractivity contribution in [3.63, 3.8) is 0 Å². The van der Waals surface area contributed by atoms with Gasteiger partial charge in [0.2, 0.25) is 0 Å². The summed E-state index contributed by atoms with van der Waals surface area (Å²) in [6.07, 6.45) is 6.48. The average molecular weight is 192 g/mol. The van der Waals surface area contributed by atoms with E-state index >= 15 is 0 Å². The summed E-state index contributed by atoms with van der Waals surface area (Å²) in [5.41, 5.74) is 2.01. The molecule has 2 rings (SSSR count). The average Bonchev–Trinajstić information content (AvgIpc) is 2.11. The molecule has 1 heteroatoms. The van der Waals surface area contributed by atoms with Crippen LogP contribution >= 0.6 is 0 Å². The predicted molar refractivity (Wildman–Crippen MR) is 59.0 cm³/mol. The second kappa shape index (κ2) is 3.23. The van der Waals surface area contributed by atoms with Gasteiger partial charge in [0.05, 0.1) is 5.60 Å². The lowest BCUT2D eigenvalue weighted by Crippen LogP contribution is -2.47. The molecule has 1 saturated carbocycles. The minimum Gasteiger partial charge on any atom is -0.385 e. The van der Waals surface area contributed by atoms with Crippen LogP contribution in [0, 0.1) is 11.8 Å². The maximum Gasteiger partial charge on any atom is 0.0920 e. The molecule has 78 valence electrons. The predicted octanol–water partition coefficient (Wildman–Crippen LogP) is 3.06. The SMILES string of the molecule is C=C1CC[C@H](C)[C@@]2(O)C=C(C)CC[C@H]12. The summed E-state index contributed by atoms with van der Waals surface area (Å²) >= 11 is 0. The van der Waals surface area contributed by atoms with Crippen LogP contribution in [0.4, 0.5) is 0 Å². The van der Waals surface area contributed by atoms with Crippen LogP contribution in [0.2, 0.25) is 0 Å². The van der Waals surface area contributed by atoms with Gasteiger partial charge in [-0.05, 0) is 38.5 Å². The van der Waals surface area contributed by atoms with Gasteiger partial charge in [0, 0.05) is 5.92 Å². The Kier molecular flexibility index (Phi) is 2.30. The Morgan fingerprint density at radius 3 is 2.86 bits per heavy atom. The van der Waals surface area contributed by atoms with Crippen molar-refractivity contribution in [3.05, 3.63) is 23.8 Å². The first-order valence-electron chi connectivity index (χ1n) is 5.62. The lowest BCUT2D eigenvalue weighted by Gasteiger charge is -2.47. The molecule has 0 aromatic heterocycles. The minimum absolute atomic E-state index is 0.315. The van der Waals surface area contributed by atoms with Gasteiger partial charge in [-0.15, -0.1) is 0 Å². The molecule has 2 aliphatic carbocycles. The first-order valence-corrected chi connectivity index (χ1v) is 5.62. The van der Waals surface area contributed by atoms with E-state index in [-0.39, 0.29) is 0 Å². The van der Waals surface area contributed by atoms with E-state index in [1.807, 2.05) is 0 Å². The van der Waals surface area contributed by atoms with E-state index in [1.165, 1.54) is 11.1 Å². The smallest absolute Gasteiger partial charge is 0.0920 e. The molecule has 0 aromatic carbocycles. The van der Waals surface area contributed by atoms with Gasteiger partial charge in [0.1, 0.15) is 0 Å². The molecule has 2 aliphatic rings. The molecule has 0 bridgehead atoms. The largest absolute Gasteiger partial charge is 0.385 e. The molecule has 0 aliphatic heterocycles. The quantitative estimate of drug-likeness (QED) is 0.585. The maximum absolute atomic E-state index is 10.7. The van der Waals surface area contributed by atoms with Crippen LogP contribution in [0.25, 0.3) is 0 Å². The third kappa shape index (κ3) is 1.35. The summed E-state index contributed by atoms with van der Waals surface area (Å²) in [6, 6.07) is 0. The van der Waals surface area contributed by atoms with E-state index in [9.17, 15) is 5.11 Å². The van der Waals surface area contributed by atoms with Gasteiger partial charge in [0.15, 0.2) is 0 Å². The fourth-order valence-corrected chi connectivity index (χ4v) is 2.99. The van der Waals surface area contributed by atoms with E-state index in [4.69, 9.17) is 0 Å². The van der Waals surface area contributed by atoms with Crippen molar-refractivity contribution in [1.82, 2.24) is 0 Å². The molecule has 0 unspecified atom stereocenters. The van der Waals surface area contributed by atoms with E-state index in [0.29, 0.717) is 11.8 Å². The minimum atomic E-state index is -0.586. The Bertz CT molecular complexity index is 290. The Labute approximate surface area is 86.5 Å². The number of rotatable bonds is 0. The van der Waals surface area contributed by atoms with Gasteiger partial charge in [-0.3, -0.25) is 0 Å². The van der Waals surface area contributed by atoms with Crippen molar-refractivity contribution in [2.75, 3.05) is 0 Å². The summed E-state index contributed by atoms with van der Waals surface area (Å²) in [5.74, 6) is 0.697. The summed E-state index contributed by atoms with van der Waals surface area (Å²) in [7, 11) is 0. The van der Waals surface area contributed by atoms with Gasteiger partial charge in [0.25, 0.3) is 0 Å². The third-order valence-corrected chi connectivity index (χ3v) is 4.04. The van der Waals surface area contributed by atoms with Crippen molar-refractivity contribution in [1.29, 1.82) is 0 Å². The van der Waals surface area contributed by atoms with Gasteiger partial charge in [-0.2, -0.15) is 0 Å². The molecule has 1 N–H and O–H groups in total. The van der Waals surface area contributed by atoms with Gasteiger partial charge in [-0.25, -0.2) is 0 Å². The second-order valence-corrected chi connectivity index (χ2v) is 5.07. The topological polar surface area (TPSA) is 20.2 Å². The van der Waals surface area contributed by atoms with Gasteiger partial charge < -0.3 is 5.11 Å². The fraction of sp³-hybridized carbons (Fsp3) is 0.692. The lowest BCUT2D eigenvalue weighted by molar-refractivity contribution is -0.0329. The summed E-state index contributed by atoms with van der Waals surface area (Å²) in [4.78, 5) is 0. The molecular weight excluding hydrogens is 172 g/mol. The van der Waals surface area contributed by atoms with Crippen molar-refractivity contribution in [2.45, 2.75) is 45.1 Å². The van der Waals surface area contributed by atoms with Crippen LogP contribution in [-0.4, -0.2) is 10.7 Å². The standard InChI is InChI=1S/C13H20O/c1-9-4-7-12-10(2)5-6-11(3)13(12,14)8-9/h8,11-12,14H,2,4-7H2,1,3H3/t11-,12+,13-/m0/s1. The normalized spacial score (nSPS) is 43.1. The van der Waals surface area contributed by atoms with Crippen LogP contribution in [0.15, 0.2) is 23.8 Å². The highest BCUT2D eigenvalue weighted by Gasteiger charge is 2.45. The molecule has 1 fully saturated rings. The Morgan fingerprint density at radius 2 is 2.14 bits per heavy atom. The Balaban J connectivity index is 2.37. The zero-order valence-corrected chi connectivity index (χ0v) is 9.21. The van der Waals surface area contributed by atoms with E-state index in [2.05, 4.69) is 26.5 Å². The Hall–Kier alpha value is -0.560. The number of fused-ring (bicyclic) bond motifs is 1.